The van der Waals surface area contributed by atoms with E-state index in [0.29, 0.717) is 0 Å². The van der Waals surface area contributed by atoms with Crippen LogP contribution in [0.4, 0.5) is 5.69 Å². The summed E-state index contributed by atoms with van der Waals surface area (Å²) in [6.45, 7) is 5.77. The molecule has 4 nitrogen and oxygen atoms in total. The lowest BCUT2D eigenvalue weighted by molar-refractivity contribution is -0.385. The van der Waals surface area contributed by atoms with Crippen LogP contribution < -0.4 is 5.73 Å². The molecule has 1 atom stereocenters. The molecule has 17 heavy (non-hydrogen) atoms. The average molecular weight is 236 g/mol. The number of hydrogen-bond donors (Lipinski definition) is 1. The molecule has 0 aromatic heterocycles. The maximum atomic E-state index is 10.9. The van der Waals surface area contributed by atoms with Gasteiger partial charge in [0, 0.05) is 17.7 Å². The first-order valence-electron chi connectivity index (χ1n) is 5.98. The first-order chi connectivity index (χ1) is 7.97. The standard InChI is InChI=1S/C13H20N2O2/c1-4-5-6-12(14)11-7-9(2)10(3)13(8-11)15(16)17/h7-8,12H,4-6,14H2,1-3H3. The van der Waals surface area contributed by atoms with Gasteiger partial charge in [-0.2, -0.15) is 0 Å². The van der Waals surface area contributed by atoms with Gasteiger partial charge in [0.2, 0.25) is 0 Å². The number of unbranched alkanes of at least 4 members (excludes halogenated alkanes) is 1. The third kappa shape index (κ3) is 3.27. The minimum atomic E-state index is -0.335. The number of nitro groups is 1. The molecule has 0 spiro atoms. The Morgan fingerprint density at radius 2 is 2.06 bits per heavy atom. The van der Waals surface area contributed by atoms with E-state index in [0.717, 1.165) is 36.0 Å². The normalized spacial score (nSPS) is 12.5. The number of hydrogen-bond acceptors (Lipinski definition) is 3. The fraction of sp³-hybridized carbons (Fsp3) is 0.538. The molecule has 0 amide bonds. The van der Waals surface area contributed by atoms with Crippen LogP contribution in [0.3, 0.4) is 0 Å². The molecule has 1 rings (SSSR count). The summed E-state index contributed by atoms with van der Waals surface area (Å²) in [6.07, 6.45) is 3.00. The van der Waals surface area contributed by atoms with Gasteiger partial charge in [0.25, 0.3) is 5.69 Å². The second-order valence-corrected chi connectivity index (χ2v) is 4.49. The topological polar surface area (TPSA) is 69.2 Å². The van der Waals surface area contributed by atoms with Crippen molar-refractivity contribution in [2.24, 2.45) is 5.73 Å². The molecular weight excluding hydrogens is 216 g/mol. The van der Waals surface area contributed by atoms with Gasteiger partial charge in [-0.15, -0.1) is 0 Å². The molecule has 0 saturated carbocycles. The van der Waals surface area contributed by atoms with Gasteiger partial charge in [-0.05, 0) is 31.4 Å². The fourth-order valence-corrected chi connectivity index (χ4v) is 1.86. The molecular formula is C13H20N2O2. The summed E-state index contributed by atoms with van der Waals surface area (Å²) < 4.78 is 0. The van der Waals surface area contributed by atoms with Gasteiger partial charge in [-0.1, -0.05) is 25.8 Å². The van der Waals surface area contributed by atoms with Gasteiger partial charge in [-0.3, -0.25) is 10.1 Å². The van der Waals surface area contributed by atoms with E-state index < -0.39 is 0 Å². The Kier molecular flexibility index (Phi) is 4.63. The zero-order valence-electron chi connectivity index (χ0n) is 10.7. The molecule has 94 valence electrons. The zero-order valence-corrected chi connectivity index (χ0v) is 10.7. The van der Waals surface area contributed by atoms with Crippen LogP contribution in [-0.2, 0) is 0 Å². The second-order valence-electron chi connectivity index (χ2n) is 4.49. The Morgan fingerprint density at radius 1 is 1.41 bits per heavy atom. The molecule has 0 radical (unpaired) electrons. The van der Waals surface area contributed by atoms with Crippen molar-refractivity contribution in [3.8, 4) is 0 Å². The van der Waals surface area contributed by atoms with Gasteiger partial charge in [0.1, 0.15) is 0 Å². The third-order valence-electron chi connectivity index (χ3n) is 3.16. The smallest absolute Gasteiger partial charge is 0.272 e. The van der Waals surface area contributed by atoms with Crippen LogP contribution in [0.1, 0.15) is 48.9 Å². The molecule has 0 aliphatic heterocycles. The lowest BCUT2D eigenvalue weighted by Gasteiger charge is -2.13. The zero-order chi connectivity index (χ0) is 13.0. The van der Waals surface area contributed by atoms with E-state index in [1.54, 1.807) is 13.0 Å². The molecule has 4 heteroatoms. The Balaban J connectivity index is 3.05. The minimum absolute atomic E-state index is 0.104. The largest absolute Gasteiger partial charge is 0.324 e. The summed E-state index contributed by atoms with van der Waals surface area (Å²) in [5.74, 6) is 0. The van der Waals surface area contributed by atoms with Crippen LogP contribution in [0.2, 0.25) is 0 Å². The molecule has 0 fully saturated rings. The Morgan fingerprint density at radius 3 is 2.59 bits per heavy atom. The number of nitrogens with two attached hydrogens (primary N) is 1. The monoisotopic (exact) mass is 236 g/mol. The molecule has 0 bridgehead atoms. The Hall–Kier alpha value is -1.42. The third-order valence-corrected chi connectivity index (χ3v) is 3.16. The average Bonchev–Trinajstić information content (AvgIpc) is 2.28. The lowest BCUT2D eigenvalue weighted by Crippen LogP contribution is -2.11. The van der Waals surface area contributed by atoms with E-state index in [1.807, 2.05) is 13.0 Å². The first-order valence-corrected chi connectivity index (χ1v) is 5.98. The first kappa shape index (κ1) is 13.6. The van der Waals surface area contributed by atoms with Crippen LogP contribution in [0.15, 0.2) is 12.1 Å². The molecule has 1 aromatic carbocycles. The fourth-order valence-electron chi connectivity index (χ4n) is 1.86. The second kappa shape index (κ2) is 5.77. The minimum Gasteiger partial charge on any atom is -0.324 e. The van der Waals surface area contributed by atoms with Crippen molar-refractivity contribution in [3.63, 3.8) is 0 Å². The van der Waals surface area contributed by atoms with E-state index in [-0.39, 0.29) is 16.7 Å². The van der Waals surface area contributed by atoms with E-state index in [1.165, 1.54) is 0 Å². The van der Waals surface area contributed by atoms with Gasteiger partial charge in [0.15, 0.2) is 0 Å². The number of aryl methyl sites for hydroxylation is 1. The summed E-state index contributed by atoms with van der Waals surface area (Å²) in [5, 5.41) is 10.9. The Bertz CT molecular complexity index is 416. The Labute approximate surface area is 102 Å². The van der Waals surface area contributed by atoms with Crippen LogP contribution >= 0.6 is 0 Å². The molecule has 0 aliphatic rings. The van der Waals surface area contributed by atoms with Crippen molar-refractivity contribution in [1.82, 2.24) is 0 Å². The van der Waals surface area contributed by atoms with Crippen molar-refractivity contribution in [2.75, 3.05) is 0 Å². The maximum absolute atomic E-state index is 10.9. The van der Waals surface area contributed by atoms with Crippen molar-refractivity contribution in [2.45, 2.75) is 46.1 Å². The number of nitrogens with zero attached hydrogens (tertiary/aromatic N) is 1. The van der Waals surface area contributed by atoms with Gasteiger partial charge < -0.3 is 5.73 Å². The number of nitro benzene ring substituents is 1. The van der Waals surface area contributed by atoms with Gasteiger partial charge in [0.05, 0.1) is 4.92 Å². The van der Waals surface area contributed by atoms with Crippen molar-refractivity contribution < 1.29 is 4.92 Å². The van der Waals surface area contributed by atoms with E-state index >= 15 is 0 Å². The predicted molar refractivity (Wildman–Crippen MR) is 69.0 cm³/mol. The van der Waals surface area contributed by atoms with E-state index in [2.05, 4.69) is 6.92 Å². The highest BCUT2D eigenvalue weighted by Crippen LogP contribution is 2.27. The number of rotatable bonds is 5. The van der Waals surface area contributed by atoms with Crippen molar-refractivity contribution in [1.29, 1.82) is 0 Å². The summed E-state index contributed by atoms with van der Waals surface area (Å²) in [4.78, 5) is 10.6. The van der Waals surface area contributed by atoms with Crippen LogP contribution in [-0.4, -0.2) is 4.92 Å². The highest BCUT2D eigenvalue weighted by Gasteiger charge is 2.16. The molecule has 0 heterocycles. The molecule has 1 aromatic rings. The van der Waals surface area contributed by atoms with E-state index in [4.69, 9.17) is 5.73 Å². The van der Waals surface area contributed by atoms with Crippen molar-refractivity contribution in [3.05, 3.63) is 38.9 Å². The van der Waals surface area contributed by atoms with Crippen molar-refractivity contribution >= 4 is 5.69 Å². The van der Waals surface area contributed by atoms with Crippen LogP contribution in [0.5, 0.6) is 0 Å². The highest BCUT2D eigenvalue weighted by atomic mass is 16.6. The SMILES string of the molecule is CCCCC(N)c1cc(C)c(C)c([N+](=O)[O-])c1. The molecule has 0 saturated heterocycles. The number of benzene rings is 1. The molecule has 2 N–H and O–H groups in total. The lowest BCUT2D eigenvalue weighted by atomic mass is 9.97. The predicted octanol–water partition coefficient (Wildman–Crippen LogP) is 3.40. The molecule has 1 unspecified atom stereocenters. The van der Waals surface area contributed by atoms with Gasteiger partial charge >= 0.3 is 0 Å². The maximum Gasteiger partial charge on any atom is 0.272 e. The van der Waals surface area contributed by atoms with E-state index in [9.17, 15) is 10.1 Å². The van der Waals surface area contributed by atoms with Gasteiger partial charge in [-0.25, -0.2) is 0 Å². The highest BCUT2D eigenvalue weighted by molar-refractivity contribution is 5.48. The quantitative estimate of drug-likeness (QED) is 0.629. The summed E-state index contributed by atoms with van der Waals surface area (Å²) in [7, 11) is 0. The summed E-state index contributed by atoms with van der Waals surface area (Å²) in [6, 6.07) is 3.47. The van der Waals surface area contributed by atoms with Crippen LogP contribution in [0.25, 0.3) is 0 Å². The molecule has 0 aliphatic carbocycles. The summed E-state index contributed by atoms with van der Waals surface area (Å²) >= 11 is 0. The summed E-state index contributed by atoms with van der Waals surface area (Å²) in [5.41, 5.74) is 8.74. The van der Waals surface area contributed by atoms with Crippen LogP contribution in [0, 0.1) is 24.0 Å².